The van der Waals surface area contributed by atoms with Crippen LogP contribution in [0.5, 0.6) is 0 Å². The number of ketones is 1. The van der Waals surface area contributed by atoms with Crippen LogP contribution in [0.25, 0.3) is 11.1 Å². The topological polar surface area (TPSA) is 187 Å². The van der Waals surface area contributed by atoms with Gasteiger partial charge in [0.1, 0.15) is 25.6 Å². The Hall–Kier alpha value is -10.9. The van der Waals surface area contributed by atoms with E-state index in [2.05, 4.69) is 331 Å². The average molecular weight is 2060 g/mol. The maximum Gasteiger partial charge on any atom is 0.308 e. The Morgan fingerprint density at radius 1 is 0.401 bits per heavy atom. The van der Waals surface area contributed by atoms with Crippen molar-refractivity contribution in [2.45, 2.75) is 339 Å². The van der Waals surface area contributed by atoms with Crippen molar-refractivity contribution in [2.75, 3.05) is 52.5 Å². The number of aliphatic hydroxyl groups excluding tert-OH is 1. The van der Waals surface area contributed by atoms with Gasteiger partial charge in [0.25, 0.3) is 0 Å². The Balaban J connectivity index is -0.0000000904. The molecule has 0 aliphatic heterocycles. The minimum atomic E-state index is -1.02. The number of unbranched alkanes of at least 4 members (excludes halogenated alkanes) is 1. The van der Waals surface area contributed by atoms with E-state index < -0.39 is 8.07 Å². The van der Waals surface area contributed by atoms with E-state index in [9.17, 15) is 28.8 Å². The second-order valence-electron chi connectivity index (χ2n) is 41.9. The Kier molecular flexibility index (Phi) is 103. The van der Waals surface area contributed by atoms with Gasteiger partial charge in [-0.15, -0.1) is 6.58 Å². The van der Waals surface area contributed by atoms with Gasteiger partial charge in [-0.2, -0.15) is 0 Å². The highest BCUT2D eigenvalue weighted by atomic mass is 28.3. The lowest BCUT2D eigenvalue weighted by Gasteiger charge is -2.25. The van der Waals surface area contributed by atoms with Crippen molar-refractivity contribution in [1.29, 1.82) is 0 Å². The number of carbonyl (C=O) groups is 6. The summed E-state index contributed by atoms with van der Waals surface area (Å²) >= 11 is 0. The van der Waals surface area contributed by atoms with Crippen molar-refractivity contribution in [2.24, 2.45) is 88.8 Å². The van der Waals surface area contributed by atoms with Gasteiger partial charge < -0.3 is 38.3 Å². The van der Waals surface area contributed by atoms with Crippen LogP contribution in [0.2, 0.25) is 18.6 Å². The smallest absolute Gasteiger partial charge is 0.308 e. The average Bonchev–Trinajstić information content (AvgIpc) is 1.61. The van der Waals surface area contributed by atoms with Gasteiger partial charge >= 0.3 is 29.8 Å². The molecule has 0 saturated carbocycles. The zero-order valence-electron chi connectivity index (χ0n) is 99.6. The Labute approximate surface area is 913 Å². The molecular weight excluding hydrogens is 1840 g/mol. The third-order valence-electron chi connectivity index (χ3n) is 19.8. The van der Waals surface area contributed by atoms with Crippen LogP contribution >= 0.6 is 0 Å². The molecule has 0 radical (unpaired) electrons. The van der Waals surface area contributed by atoms with E-state index >= 15 is 0 Å². The summed E-state index contributed by atoms with van der Waals surface area (Å²) in [4.78, 5) is 65.4. The normalized spacial score (nSPS) is 10.1. The summed E-state index contributed by atoms with van der Waals surface area (Å²) in [6.45, 7) is 103. The molecule has 147 heavy (non-hydrogen) atoms. The van der Waals surface area contributed by atoms with Crippen LogP contribution in [0.4, 0.5) is 0 Å². The van der Waals surface area contributed by atoms with Gasteiger partial charge in [0.15, 0.2) is 0 Å². The van der Waals surface area contributed by atoms with Crippen LogP contribution in [0.1, 0.15) is 340 Å². The number of allylic oxidation sites excluding steroid dienone is 4. The highest BCUT2D eigenvalue weighted by molar-refractivity contribution is 6.78. The molecule has 1 aliphatic rings. The van der Waals surface area contributed by atoms with E-state index in [1.807, 2.05) is 165 Å². The van der Waals surface area contributed by atoms with Crippen LogP contribution in [0.15, 0.2) is 270 Å². The summed E-state index contributed by atoms with van der Waals surface area (Å²) < 4.78 is 35.7. The molecule has 838 valence electrons. The van der Waals surface area contributed by atoms with Gasteiger partial charge in [-0.25, -0.2) is 0 Å². The fourth-order valence-electron chi connectivity index (χ4n) is 10.1. The Bertz CT molecular complexity index is 4820. The lowest BCUT2D eigenvalue weighted by Crippen LogP contribution is -2.36. The molecule has 5 aromatic rings. The zero-order chi connectivity index (χ0) is 114. The van der Waals surface area contributed by atoms with Crippen LogP contribution < -0.4 is 0 Å². The summed E-state index contributed by atoms with van der Waals surface area (Å²) in [6.07, 6.45) is 14.3. The molecule has 0 unspecified atom stereocenters. The first-order chi connectivity index (χ1) is 69.0. The standard InChI is InChI=1S/C22H14.C18H18O2.C11H14O2.C11H22O2.C11H16O.C10H14.C8H16O2.C8H20OSi.C7H12O2.C6H14O.C6H12.C5H10O.C5H12.C4H10.9H2/c1-6-9-12-15-17-21(18-16-13-10-7-2)22(20(4)5)19-14-11-8-3;1-12(2)18(19)20-11-17-15-9-5-3-7-13(15)14-8-4-6-10-16(14)17;1-9(2)11(12)13-8-10-6-4-3-5-7-10;1-9(2)7-5-6-8-13-11(12)10(3)4;1-9(2)7-10-3-5-11(8-12)6-4-10;1-9(2)8-10-6-4-3-5-7-10;1-6(2)5-10-8(9)7(3)4;1-6-9-7-10(4,5)8(2)3;1-4-5-9-7(8)6(2)3;1-4-7-5-6(2)3;1-4-5-6(2)3;1-4(2)5(3)6;1-4-5(2)3;1-4(2)3;;;;;;;;;/h17,20H,1-3H2,4-5H3;3-10,12,17H,11H2,1-2H3;3-7,9H,8H2,1-2H3;9-10H,5-8H2,1-4H3;3-6,9,12H,7-8H2,1-2H3;3-7,9H,8H2,1-2H3;6-7H,5H2,1-4H3;8H,6-7H2,1-5H3;4,6H,1,5H2,2-3H3;6H,4-5H2,1-3H3;4,6H,1,5H2,2-3H3;4H,1-3H3;5H,4H2,1-3H3;4H,1-3H3;9*1H. The number of benzene rings is 5. The monoisotopic (exact) mass is 2060 g/mol. The first-order valence-electron chi connectivity index (χ1n) is 53.3. The first-order valence-corrected chi connectivity index (χ1v) is 56.6. The lowest BCUT2D eigenvalue weighted by molar-refractivity contribution is -0.149. The number of ether oxygens (including phenoxy) is 7. The zero-order valence-corrected chi connectivity index (χ0v) is 101. The predicted octanol–water partition coefficient (Wildman–Crippen LogP) is 36.6. The maximum atomic E-state index is 11.7. The second-order valence-corrected chi connectivity index (χ2v) is 47.3. The van der Waals surface area contributed by atoms with Gasteiger partial charge in [-0.3, -0.25) is 28.8 Å². The molecule has 0 fully saturated rings. The molecule has 0 spiro atoms. The maximum absolute atomic E-state index is 11.7. The third-order valence-corrected chi connectivity index (χ3v) is 23.9. The van der Waals surface area contributed by atoms with Crippen LogP contribution in [0.3, 0.4) is 0 Å². The van der Waals surface area contributed by atoms with Crippen molar-refractivity contribution < 1.29 is 79.9 Å². The molecule has 5 aromatic carbocycles. The van der Waals surface area contributed by atoms with E-state index in [0.29, 0.717) is 56.4 Å². The Morgan fingerprint density at radius 2 is 0.789 bits per heavy atom. The molecule has 0 atom stereocenters. The summed E-state index contributed by atoms with van der Waals surface area (Å²) in [5.74, 6) is 5.82. The first kappa shape index (κ1) is 151. The molecule has 0 bridgehead atoms. The molecule has 1 N–H and O–H groups in total. The van der Waals surface area contributed by atoms with E-state index in [1.165, 1.54) is 52.6 Å². The van der Waals surface area contributed by atoms with Gasteiger partial charge in [0.05, 0.1) is 57.5 Å². The summed E-state index contributed by atoms with van der Waals surface area (Å²) in [7, 11) is -1.02. The van der Waals surface area contributed by atoms with Crippen molar-refractivity contribution in [3.63, 3.8) is 0 Å². The van der Waals surface area contributed by atoms with Gasteiger partial charge in [0, 0.05) is 67.9 Å². The summed E-state index contributed by atoms with van der Waals surface area (Å²) in [6, 6.07) is 45.2. The van der Waals surface area contributed by atoms with Crippen LogP contribution in [-0.2, 0) is 88.0 Å². The van der Waals surface area contributed by atoms with Crippen molar-refractivity contribution in [3.8, 4) is 11.1 Å². The molecule has 0 aromatic heterocycles. The van der Waals surface area contributed by atoms with E-state index in [4.69, 9.17) is 38.3 Å². The summed E-state index contributed by atoms with van der Waals surface area (Å²) in [5, 5.41) is 8.81. The van der Waals surface area contributed by atoms with Crippen molar-refractivity contribution >= 4 is 43.7 Å². The van der Waals surface area contributed by atoms with E-state index in [-0.39, 0.29) is 102 Å². The second kappa shape index (κ2) is 99.7. The molecule has 6 rings (SSSR count). The number of aliphatic hydroxyl groups is 1. The molecule has 0 amide bonds. The lowest BCUT2D eigenvalue weighted by atomic mass is 9.96. The quantitative estimate of drug-likeness (QED) is 0.00752. The largest absolute Gasteiger partial charge is 0.465 e. The van der Waals surface area contributed by atoms with Gasteiger partial charge in [-0.05, 0) is 216 Å². The number of esters is 5. The SMILES string of the molecule is C=C=C=C=C=C=C(C=C=C=C=C=C)C(=C=C=C=C=C)C(C)C.C=CCC(C)C.C=CCOC(=O)C(C)C.CC(=O)C(C)C.CC(C)C.CC(C)C(=O)OCC1c2ccccc2-c2ccccc21.CC(C)C(=O)OCc1ccccc1.CC(C)CCCCOC(=O)C(C)C.CC(C)COC(=O)C(C)C.CC(C)Cc1ccc(CO)cc1.CC(C)Cc1ccccc1.CCC(C)C.CCOCC(C)C.CCOC[Si](C)(C)C(C)C.[HH].[HH].[HH].[HH].[HH].[HH].[HH].[HH].[HH]. The molecular formula is C132H222O14Si. The van der Waals surface area contributed by atoms with Gasteiger partial charge in [0.2, 0.25) is 0 Å². The van der Waals surface area contributed by atoms with E-state index in [1.54, 1.807) is 32.9 Å². The number of Topliss-reactive ketones (excluding diaryl/α,β-unsaturated/α-hetero) is 1. The minimum Gasteiger partial charge on any atom is -0.465 e. The summed E-state index contributed by atoms with van der Waals surface area (Å²) in [5.41, 5.74) is 46.8. The third kappa shape index (κ3) is 99.5. The molecule has 0 heterocycles. The van der Waals surface area contributed by atoms with Gasteiger partial charge in [-0.1, -0.05) is 448 Å². The van der Waals surface area contributed by atoms with Crippen molar-refractivity contribution in [1.82, 2.24) is 0 Å². The molecule has 0 saturated heterocycles. The molecule has 15 heteroatoms. The molecule has 14 nitrogen and oxygen atoms in total. The Morgan fingerprint density at radius 3 is 1.15 bits per heavy atom. The number of hydrogen-bond donors (Lipinski definition) is 1. The van der Waals surface area contributed by atoms with Crippen LogP contribution in [0, 0.1) is 88.8 Å². The highest BCUT2D eigenvalue weighted by Crippen LogP contribution is 2.44. The number of hydrogen-bond acceptors (Lipinski definition) is 14. The van der Waals surface area contributed by atoms with Crippen molar-refractivity contribution in [3.05, 3.63) is 304 Å². The highest BCUT2D eigenvalue weighted by Gasteiger charge is 2.30. The predicted molar refractivity (Wildman–Crippen MR) is 647 cm³/mol. The molecule has 1 aliphatic carbocycles. The minimum absolute atomic E-state index is 0. The number of fused-ring (bicyclic) bond motifs is 3. The number of rotatable bonds is 37. The van der Waals surface area contributed by atoms with E-state index in [0.717, 1.165) is 104 Å². The fourth-order valence-corrected chi connectivity index (χ4v) is 11.2. The fraction of sp³-hybridized carbons (Fsp3) is 0.553. The number of carbonyl (C=O) groups excluding carboxylic acids is 6. The van der Waals surface area contributed by atoms with Crippen LogP contribution in [-0.4, -0.2) is 101 Å².